The Morgan fingerprint density at radius 1 is 1.39 bits per heavy atom. The topological polar surface area (TPSA) is 79.4 Å². The van der Waals surface area contributed by atoms with Gasteiger partial charge in [0.25, 0.3) is 0 Å². The summed E-state index contributed by atoms with van der Waals surface area (Å²) in [6.45, 7) is 3.59. The zero-order chi connectivity index (χ0) is 13.3. The molecule has 1 aromatic carbocycles. The molecule has 0 amide bonds. The summed E-state index contributed by atoms with van der Waals surface area (Å²) in [5.74, 6) is -0.876. The van der Waals surface area contributed by atoms with E-state index in [1.165, 1.54) is 24.4 Å². The Hall–Kier alpha value is -2.30. The molecule has 5 nitrogen and oxygen atoms in total. The summed E-state index contributed by atoms with van der Waals surface area (Å²) in [5, 5.41) is 9.55. The number of aromatic carboxylic acids is 1. The average molecular weight is 247 g/mol. The lowest BCUT2D eigenvalue weighted by Gasteiger charge is -2.13. The van der Waals surface area contributed by atoms with Gasteiger partial charge in [-0.1, -0.05) is 0 Å². The molecule has 0 bridgehead atoms. The van der Waals surface area contributed by atoms with Crippen molar-refractivity contribution in [1.29, 1.82) is 0 Å². The van der Waals surface area contributed by atoms with Crippen LogP contribution in [0.4, 0.5) is 0 Å². The van der Waals surface area contributed by atoms with Crippen LogP contribution in [0.5, 0.6) is 5.75 Å². The van der Waals surface area contributed by atoms with E-state index in [1.807, 2.05) is 0 Å². The summed E-state index contributed by atoms with van der Waals surface area (Å²) < 4.78 is 5.44. The fourth-order valence-corrected chi connectivity index (χ4v) is 1.72. The molecule has 0 aliphatic rings. The van der Waals surface area contributed by atoms with Crippen molar-refractivity contribution < 1.29 is 14.6 Å². The number of aromatic amines is 1. The summed E-state index contributed by atoms with van der Waals surface area (Å²) in [6.07, 6.45) is 1.32. The molecule has 2 rings (SSSR count). The maximum atomic E-state index is 11.7. The summed E-state index contributed by atoms with van der Waals surface area (Å²) in [6, 6.07) is 4.27. The first-order chi connectivity index (χ1) is 8.49. The lowest BCUT2D eigenvalue weighted by molar-refractivity contribution is 0.0691. The number of rotatable bonds is 3. The number of carbonyl (C=O) groups is 1. The van der Waals surface area contributed by atoms with Crippen molar-refractivity contribution in [3.05, 3.63) is 40.2 Å². The largest absolute Gasteiger partial charge is 0.490 e. The fraction of sp³-hybridized carbons (Fsp3) is 0.231. The number of carboxylic acids is 1. The minimum absolute atomic E-state index is 0.0399. The molecule has 0 fully saturated rings. The van der Waals surface area contributed by atoms with Crippen molar-refractivity contribution in [3.63, 3.8) is 0 Å². The van der Waals surface area contributed by atoms with Crippen LogP contribution >= 0.6 is 0 Å². The molecule has 18 heavy (non-hydrogen) atoms. The van der Waals surface area contributed by atoms with Gasteiger partial charge in [-0.2, -0.15) is 0 Å². The van der Waals surface area contributed by atoms with Crippen LogP contribution in [-0.4, -0.2) is 22.2 Å². The lowest BCUT2D eigenvalue weighted by Crippen LogP contribution is -2.11. The number of hydrogen-bond donors (Lipinski definition) is 2. The van der Waals surface area contributed by atoms with Crippen molar-refractivity contribution in [2.75, 3.05) is 0 Å². The SMILES string of the molecule is CC(C)Oc1cc2c(=O)cc[nH]c2cc1C(=O)O. The summed E-state index contributed by atoms with van der Waals surface area (Å²) in [4.78, 5) is 25.7. The van der Waals surface area contributed by atoms with Crippen LogP contribution in [-0.2, 0) is 0 Å². The number of nitrogens with one attached hydrogen (secondary N) is 1. The zero-order valence-corrected chi connectivity index (χ0v) is 10.1. The fourth-order valence-electron chi connectivity index (χ4n) is 1.72. The first-order valence-electron chi connectivity index (χ1n) is 5.54. The van der Waals surface area contributed by atoms with E-state index in [4.69, 9.17) is 9.84 Å². The molecule has 5 heteroatoms. The van der Waals surface area contributed by atoms with Crippen molar-refractivity contribution in [3.8, 4) is 5.75 Å². The van der Waals surface area contributed by atoms with Crippen LogP contribution < -0.4 is 10.2 Å². The van der Waals surface area contributed by atoms with Gasteiger partial charge in [0.1, 0.15) is 11.3 Å². The van der Waals surface area contributed by atoms with Gasteiger partial charge in [0.2, 0.25) is 0 Å². The maximum Gasteiger partial charge on any atom is 0.339 e. The van der Waals surface area contributed by atoms with Crippen LogP contribution in [0.2, 0.25) is 0 Å². The molecule has 1 aromatic heterocycles. The third kappa shape index (κ3) is 2.20. The highest BCUT2D eigenvalue weighted by Crippen LogP contribution is 2.24. The molecule has 1 heterocycles. The molecule has 0 saturated carbocycles. The van der Waals surface area contributed by atoms with Gasteiger partial charge < -0.3 is 14.8 Å². The normalized spacial score (nSPS) is 10.8. The Balaban J connectivity index is 2.73. The van der Waals surface area contributed by atoms with E-state index in [0.29, 0.717) is 10.9 Å². The van der Waals surface area contributed by atoms with Crippen molar-refractivity contribution in [2.24, 2.45) is 0 Å². The van der Waals surface area contributed by atoms with Crippen LogP contribution in [0.15, 0.2) is 29.2 Å². The molecule has 0 radical (unpaired) electrons. The Morgan fingerprint density at radius 2 is 2.11 bits per heavy atom. The highest BCUT2D eigenvalue weighted by molar-refractivity contribution is 5.96. The monoisotopic (exact) mass is 247 g/mol. The Morgan fingerprint density at radius 3 is 2.72 bits per heavy atom. The van der Waals surface area contributed by atoms with Gasteiger partial charge >= 0.3 is 5.97 Å². The molecule has 0 atom stereocenters. The van der Waals surface area contributed by atoms with Crippen molar-refractivity contribution in [2.45, 2.75) is 20.0 Å². The first kappa shape index (κ1) is 12.2. The molecule has 2 N–H and O–H groups in total. The number of aromatic nitrogens is 1. The lowest BCUT2D eigenvalue weighted by atomic mass is 10.1. The van der Waals surface area contributed by atoms with E-state index < -0.39 is 5.97 Å². The second-order valence-corrected chi connectivity index (χ2v) is 4.21. The van der Waals surface area contributed by atoms with E-state index in [9.17, 15) is 9.59 Å². The molecule has 0 aliphatic heterocycles. The van der Waals surface area contributed by atoms with E-state index in [2.05, 4.69) is 4.98 Å². The second kappa shape index (κ2) is 4.52. The number of pyridine rings is 1. The molecule has 0 saturated heterocycles. The molecule has 2 aromatic rings. The van der Waals surface area contributed by atoms with Crippen molar-refractivity contribution in [1.82, 2.24) is 4.98 Å². The summed E-state index contributed by atoms with van der Waals surface area (Å²) >= 11 is 0. The highest BCUT2D eigenvalue weighted by atomic mass is 16.5. The number of carboxylic acid groups (broad SMARTS) is 1. The Labute approximate surface area is 103 Å². The maximum absolute atomic E-state index is 11.7. The third-order valence-electron chi connectivity index (χ3n) is 2.45. The molecule has 0 unspecified atom stereocenters. The van der Waals surface area contributed by atoms with Crippen LogP contribution in [0.1, 0.15) is 24.2 Å². The molecular weight excluding hydrogens is 234 g/mol. The van der Waals surface area contributed by atoms with Gasteiger partial charge in [-0.05, 0) is 26.0 Å². The van der Waals surface area contributed by atoms with E-state index >= 15 is 0 Å². The Kier molecular flexibility index (Phi) is 3.06. The number of hydrogen-bond acceptors (Lipinski definition) is 3. The van der Waals surface area contributed by atoms with E-state index in [0.717, 1.165) is 0 Å². The first-order valence-corrected chi connectivity index (χ1v) is 5.54. The van der Waals surface area contributed by atoms with Gasteiger partial charge in [-0.25, -0.2) is 4.79 Å². The predicted molar refractivity (Wildman–Crippen MR) is 67.3 cm³/mol. The highest BCUT2D eigenvalue weighted by Gasteiger charge is 2.15. The van der Waals surface area contributed by atoms with Gasteiger partial charge in [0, 0.05) is 17.6 Å². The minimum atomic E-state index is -1.09. The van der Waals surface area contributed by atoms with Gasteiger partial charge in [-0.15, -0.1) is 0 Å². The van der Waals surface area contributed by atoms with E-state index in [1.54, 1.807) is 13.8 Å². The molecule has 94 valence electrons. The van der Waals surface area contributed by atoms with Gasteiger partial charge in [0.15, 0.2) is 5.43 Å². The Bertz CT molecular complexity index is 658. The van der Waals surface area contributed by atoms with Gasteiger partial charge in [-0.3, -0.25) is 4.79 Å². The van der Waals surface area contributed by atoms with Crippen molar-refractivity contribution >= 4 is 16.9 Å². The van der Waals surface area contributed by atoms with Gasteiger partial charge in [0.05, 0.1) is 11.6 Å². The average Bonchev–Trinajstić information content (AvgIpc) is 2.28. The molecule has 0 spiro atoms. The quantitative estimate of drug-likeness (QED) is 0.869. The number of benzene rings is 1. The number of fused-ring (bicyclic) bond motifs is 1. The summed E-state index contributed by atoms with van der Waals surface area (Å²) in [5.41, 5.74) is 0.350. The predicted octanol–water partition coefficient (Wildman–Crippen LogP) is 2.01. The second-order valence-electron chi connectivity index (χ2n) is 4.21. The van der Waals surface area contributed by atoms with Crippen LogP contribution in [0.25, 0.3) is 10.9 Å². The molecule has 0 aliphatic carbocycles. The smallest absolute Gasteiger partial charge is 0.339 e. The minimum Gasteiger partial charge on any atom is -0.490 e. The number of H-pyrrole nitrogens is 1. The number of ether oxygens (including phenoxy) is 1. The molecular formula is C13H13NO4. The third-order valence-corrected chi connectivity index (χ3v) is 2.45. The van der Waals surface area contributed by atoms with Crippen LogP contribution in [0, 0.1) is 0 Å². The van der Waals surface area contributed by atoms with E-state index in [-0.39, 0.29) is 22.8 Å². The zero-order valence-electron chi connectivity index (χ0n) is 10.1. The summed E-state index contributed by atoms with van der Waals surface area (Å²) in [7, 11) is 0. The standard InChI is InChI=1S/C13H13NO4/c1-7(2)18-12-6-8-10(5-9(12)13(16)17)14-4-3-11(8)15/h3-7H,1-2H3,(H,14,15)(H,16,17). The van der Waals surface area contributed by atoms with Crippen LogP contribution in [0.3, 0.4) is 0 Å².